The maximum atomic E-state index is 2.51. The third-order valence-electron chi connectivity index (χ3n) is 3.15. The van der Waals surface area contributed by atoms with Crippen LogP contribution in [-0.4, -0.2) is 9.13 Å². The van der Waals surface area contributed by atoms with E-state index in [9.17, 15) is 0 Å². The van der Waals surface area contributed by atoms with E-state index in [0.717, 1.165) is 6.04 Å². The first-order valence-corrected chi connectivity index (χ1v) is 6.53. The van der Waals surface area contributed by atoms with Crippen LogP contribution in [0.3, 0.4) is 0 Å². The van der Waals surface area contributed by atoms with Gasteiger partial charge in [0.2, 0.25) is 0 Å². The molecule has 0 unspecified atom stereocenters. The molecule has 0 spiro atoms. The van der Waals surface area contributed by atoms with E-state index in [1.165, 1.54) is 41.6 Å². The Bertz CT molecular complexity index is 369. The first kappa shape index (κ1) is 10.4. The van der Waals surface area contributed by atoms with Crippen LogP contribution in [0.2, 0.25) is 0 Å². The molecule has 1 aliphatic carbocycles. The average molecular weight is 373 g/mol. The molecule has 0 saturated heterocycles. The predicted octanol–water partition coefficient (Wildman–Crippen LogP) is 2.72. The van der Waals surface area contributed by atoms with E-state index in [1.807, 2.05) is 0 Å². The molecule has 0 amide bonds. The fraction of sp³-hybridized carbons (Fsp3) is 0.727. The van der Waals surface area contributed by atoms with Gasteiger partial charge >= 0.3 is 96.3 Å². The van der Waals surface area contributed by atoms with Crippen molar-refractivity contribution < 1.29 is 19.4 Å². The van der Waals surface area contributed by atoms with Gasteiger partial charge in [-0.2, -0.15) is 0 Å². The second-order valence-corrected chi connectivity index (χ2v) is 5.30. The van der Waals surface area contributed by atoms with E-state index in [1.54, 1.807) is 0 Å². The molecule has 1 fully saturated rings. The van der Waals surface area contributed by atoms with Crippen LogP contribution in [-0.2, 0) is 26.4 Å². The molecule has 0 radical (unpaired) electrons. The Balaban J connectivity index is 2.34. The zero-order valence-corrected chi connectivity index (χ0v) is 11.2. The molecule has 1 heterocycles. The van der Waals surface area contributed by atoms with E-state index >= 15 is 0 Å². The summed E-state index contributed by atoms with van der Waals surface area (Å²) in [6.45, 7) is 2.22. The van der Waals surface area contributed by atoms with Crippen molar-refractivity contribution >= 4 is 0 Å². The molecule has 82 valence electrons. The number of hydrogen-bond acceptors (Lipinski definition) is 0. The molecule has 0 atom stereocenters. The van der Waals surface area contributed by atoms with E-state index in [2.05, 4.69) is 48.7 Å². The van der Waals surface area contributed by atoms with Crippen molar-refractivity contribution in [2.75, 3.05) is 0 Å². The number of aromatic nitrogens is 2. The van der Waals surface area contributed by atoms with Crippen LogP contribution in [0.15, 0.2) is 6.20 Å². The van der Waals surface area contributed by atoms with Gasteiger partial charge in [0, 0.05) is 0 Å². The molecule has 14 heavy (non-hydrogen) atoms. The van der Waals surface area contributed by atoms with E-state index < -0.39 is 0 Å². The molecular formula is C11H18N2Pt. The van der Waals surface area contributed by atoms with Gasteiger partial charge in [-0.1, -0.05) is 0 Å². The minimum atomic E-state index is 0.762. The van der Waals surface area contributed by atoms with Gasteiger partial charge in [0.1, 0.15) is 0 Å². The Morgan fingerprint density at radius 1 is 1.29 bits per heavy atom. The Hall–Kier alpha value is -0.102. The summed E-state index contributed by atoms with van der Waals surface area (Å²) in [6, 6.07) is 0.762. The third-order valence-corrected chi connectivity index (χ3v) is 4.50. The van der Waals surface area contributed by atoms with Gasteiger partial charge in [-0.25, -0.2) is 0 Å². The first-order valence-electron chi connectivity index (χ1n) is 5.40. The summed E-state index contributed by atoms with van der Waals surface area (Å²) < 4.78 is 6.11. The monoisotopic (exact) mass is 373 g/mol. The molecule has 1 aliphatic rings. The summed E-state index contributed by atoms with van der Waals surface area (Å²) in [5.41, 5.74) is 1.41. The van der Waals surface area contributed by atoms with Crippen molar-refractivity contribution in [1.82, 2.24) is 9.13 Å². The van der Waals surface area contributed by atoms with Crippen LogP contribution in [0.1, 0.15) is 43.8 Å². The van der Waals surface area contributed by atoms with Gasteiger partial charge in [-0.05, 0) is 0 Å². The van der Waals surface area contributed by atoms with Crippen LogP contribution < -0.4 is 0 Å². The van der Waals surface area contributed by atoms with Crippen molar-refractivity contribution in [3.63, 3.8) is 0 Å². The molecule has 2 nitrogen and oxygen atoms in total. The molecule has 1 aromatic rings. The Labute approximate surface area is 96.3 Å². The molecule has 0 bridgehead atoms. The molecule has 2 rings (SSSR count). The summed E-state index contributed by atoms with van der Waals surface area (Å²) in [6.07, 6.45) is 9.21. The van der Waals surface area contributed by atoms with Crippen LogP contribution in [0, 0.1) is 10.7 Å². The maximum absolute atomic E-state index is 2.51. The van der Waals surface area contributed by atoms with Gasteiger partial charge in [0.15, 0.2) is 0 Å². The normalized spacial score (nSPS) is 18.9. The summed E-state index contributed by atoms with van der Waals surface area (Å²) in [7, 11) is 2.13. The zero-order valence-electron chi connectivity index (χ0n) is 8.90. The molecule has 1 aromatic heterocycles. The summed E-state index contributed by atoms with van der Waals surface area (Å²) in [5, 5.41) is 0. The van der Waals surface area contributed by atoms with Gasteiger partial charge in [0.25, 0.3) is 0 Å². The van der Waals surface area contributed by atoms with Gasteiger partial charge in [-0.3, -0.25) is 0 Å². The summed E-state index contributed by atoms with van der Waals surface area (Å²) in [5.74, 6) is 0. The number of rotatable bonds is 1. The van der Waals surface area contributed by atoms with Crippen molar-refractivity contribution in [2.24, 2.45) is 7.05 Å². The number of nitrogens with zero attached hydrogens (tertiary/aromatic N) is 2. The molecule has 3 heteroatoms. The van der Waals surface area contributed by atoms with Gasteiger partial charge < -0.3 is 0 Å². The van der Waals surface area contributed by atoms with E-state index in [4.69, 9.17) is 0 Å². The Kier molecular flexibility index (Phi) is 3.11. The summed E-state index contributed by atoms with van der Waals surface area (Å²) in [4.78, 5) is 0. The third kappa shape index (κ3) is 1.82. The second-order valence-electron chi connectivity index (χ2n) is 4.28. The van der Waals surface area contributed by atoms with Crippen LogP contribution in [0.4, 0.5) is 0 Å². The second kappa shape index (κ2) is 4.18. The molecular weight excluding hydrogens is 355 g/mol. The summed E-state index contributed by atoms with van der Waals surface area (Å²) >= 11 is 2.44. The Morgan fingerprint density at radius 2 is 1.93 bits per heavy atom. The molecule has 0 aliphatic heterocycles. The zero-order chi connectivity index (χ0) is 10.1. The van der Waals surface area contributed by atoms with E-state index in [-0.39, 0.29) is 0 Å². The standard InChI is InChI=1S/C11H18N2.Pt/c1-10-8-12(2)9-13(10)11-6-4-3-5-7-11;/h8,11H,3-7H2,1-2H3;. The van der Waals surface area contributed by atoms with E-state index in [0.29, 0.717) is 0 Å². The van der Waals surface area contributed by atoms with Gasteiger partial charge in [0.05, 0.1) is 0 Å². The minimum absolute atomic E-state index is 0.762. The average Bonchev–Trinajstić information content (AvgIpc) is 2.43. The van der Waals surface area contributed by atoms with Crippen LogP contribution >= 0.6 is 0 Å². The fourth-order valence-electron chi connectivity index (χ4n) is 2.46. The SMILES string of the molecule is Cc1cn(C)[c](=[Pt])n1C1CCCCC1. The predicted molar refractivity (Wildman–Crippen MR) is 53.5 cm³/mol. The Morgan fingerprint density at radius 3 is 2.43 bits per heavy atom. The van der Waals surface area contributed by atoms with Gasteiger partial charge in [-0.15, -0.1) is 0 Å². The quantitative estimate of drug-likeness (QED) is 0.717. The number of hydrogen-bond donors (Lipinski definition) is 0. The topological polar surface area (TPSA) is 9.86 Å². The molecule has 1 saturated carbocycles. The van der Waals surface area contributed by atoms with Crippen LogP contribution in [0.25, 0.3) is 0 Å². The van der Waals surface area contributed by atoms with Crippen molar-refractivity contribution in [3.8, 4) is 0 Å². The number of imidazole rings is 1. The van der Waals surface area contributed by atoms with Crippen molar-refractivity contribution in [3.05, 3.63) is 15.7 Å². The molecule has 0 aromatic carbocycles. The van der Waals surface area contributed by atoms with Crippen molar-refractivity contribution in [2.45, 2.75) is 45.1 Å². The fourth-order valence-corrected chi connectivity index (χ4v) is 3.43. The van der Waals surface area contributed by atoms with Crippen molar-refractivity contribution in [1.29, 1.82) is 0 Å². The number of aryl methyl sites for hydroxylation is 2. The first-order chi connectivity index (χ1) is 6.70. The molecule has 0 N–H and O–H groups in total. The van der Waals surface area contributed by atoms with Crippen LogP contribution in [0.5, 0.6) is 0 Å².